The van der Waals surface area contributed by atoms with E-state index in [4.69, 9.17) is 4.74 Å². The molecule has 0 radical (unpaired) electrons. The van der Waals surface area contributed by atoms with Crippen LogP contribution >= 0.6 is 0 Å². The van der Waals surface area contributed by atoms with E-state index >= 15 is 0 Å². The van der Waals surface area contributed by atoms with E-state index in [1.165, 1.54) is 0 Å². The molecular weight excluding hydrogens is 298 g/mol. The molecule has 2 unspecified atom stereocenters. The first-order chi connectivity index (χ1) is 8.86. The van der Waals surface area contributed by atoms with Gasteiger partial charge in [0.25, 0.3) is 0 Å². The monoisotopic (exact) mass is 314 g/mol. The summed E-state index contributed by atoms with van der Waals surface area (Å²) in [5, 5.41) is 0. The van der Waals surface area contributed by atoms with Crippen molar-refractivity contribution in [2.24, 2.45) is 5.92 Å². The first kappa shape index (κ1) is 18.5. The van der Waals surface area contributed by atoms with E-state index < -0.39 is 18.3 Å². The molecule has 2 atom stereocenters. The Bertz CT molecular complexity index is 452. The second-order valence-corrected chi connectivity index (χ2v) is 5.28. The van der Waals surface area contributed by atoms with Crippen molar-refractivity contribution in [2.45, 2.75) is 38.7 Å². The smallest absolute Gasteiger partial charge is 0.487 e. The Morgan fingerprint density at radius 1 is 1.20 bits per heavy atom. The largest absolute Gasteiger partial charge is 1.00 e. The third kappa shape index (κ3) is 5.02. The van der Waals surface area contributed by atoms with Gasteiger partial charge >= 0.3 is 58.4 Å². The molecule has 106 valence electrons. The van der Waals surface area contributed by atoms with E-state index in [2.05, 4.69) is 6.92 Å². The van der Waals surface area contributed by atoms with Crippen molar-refractivity contribution in [1.29, 1.82) is 0 Å². The van der Waals surface area contributed by atoms with Gasteiger partial charge in [0, 0.05) is 0 Å². The van der Waals surface area contributed by atoms with Crippen LogP contribution in [0.15, 0.2) is 18.2 Å². The van der Waals surface area contributed by atoms with Gasteiger partial charge in [0.2, 0.25) is 0 Å². The Labute approximate surface area is 158 Å². The minimum atomic E-state index is -5.13. The SMILES string of the molecule is CC1CCCC(Oc2cc([B-](F)(F)F)ccc2F)C1.[K+]. The van der Waals surface area contributed by atoms with Crippen molar-refractivity contribution in [3.8, 4) is 5.75 Å². The maximum absolute atomic E-state index is 13.5. The summed E-state index contributed by atoms with van der Waals surface area (Å²) in [6.45, 7) is -3.05. The van der Waals surface area contributed by atoms with Gasteiger partial charge in [-0.15, -0.1) is 5.46 Å². The number of hydrogen-bond donors (Lipinski definition) is 0. The number of ether oxygens (including phenoxy) is 1. The van der Waals surface area contributed by atoms with Crippen LogP contribution in [0.2, 0.25) is 0 Å². The Kier molecular flexibility index (Phi) is 7.05. The first-order valence-corrected chi connectivity index (χ1v) is 6.52. The summed E-state index contributed by atoms with van der Waals surface area (Å²) in [7, 11) is 0. The number of hydrogen-bond acceptors (Lipinski definition) is 1. The fourth-order valence-corrected chi connectivity index (χ4v) is 2.48. The van der Waals surface area contributed by atoms with Gasteiger partial charge < -0.3 is 17.7 Å². The Balaban J connectivity index is 0.00000200. The summed E-state index contributed by atoms with van der Waals surface area (Å²) in [5.41, 5.74) is -0.819. The quantitative estimate of drug-likeness (QED) is 0.593. The molecule has 1 saturated carbocycles. The molecule has 0 amide bonds. The van der Waals surface area contributed by atoms with Gasteiger partial charge in [0.05, 0.1) is 6.10 Å². The van der Waals surface area contributed by atoms with Crippen LogP contribution in [-0.4, -0.2) is 13.1 Å². The number of rotatable bonds is 3. The molecule has 0 saturated heterocycles. The molecule has 0 heterocycles. The van der Waals surface area contributed by atoms with Crippen molar-refractivity contribution in [3.63, 3.8) is 0 Å². The molecule has 1 nitrogen and oxygen atoms in total. The van der Waals surface area contributed by atoms with Crippen LogP contribution in [0, 0.1) is 11.7 Å². The first-order valence-electron chi connectivity index (χ1n) is 6.52. The minimum absolute atomic E-state index is 0. The molecule has 1 aliphatic rings. The van der Waals surface area contributed by atoms with E-state index in [0.29, 0.717) is 5.92 Å². The normalized spacial score (nSPS) is 23.1. The summed E-state index contributed by atoms with van der Waals surface area (Å²) < 4.78 is 56.8. The van der Waals surface area contributed by atoms with Gasteiger partial charge in [-0.05, 0) is 37.3 Å². The topological polar surface area (TPSA) is 9.23 Å². The molecule has 7 heteroatoms. The van der Waals surface area contributed by atoms with Gasteiger partial charge in [0.15, 0.2) is 11.6 Å². The molecule has 0 bridgehead atoms. The van der Waals surface area contributed by atoms with E-state index in [9.17, 15) is 17.3 Å². The van der Waals surface area contributed by atoms with Gasteiger partial charge in [0.1, 0.15) is 0 Å². The van der Waals surface area contributed by atoms with Crippen LogP contribution in [0.4, 0.5) is 17.3 Å². The molecule has 1 fully saturated rings. The summed E-state index contributed by atoms with van der Waals surface area (Å²) in [6, 6.07) is 2.35. The zero-order valence-electron chi connectivity index (χ0n) is 11.7. The predicted octanol–water partition coefficient (Wildman–Crippen LogP) is 0.842. The molecule has 20 heavy (non-hydrogen) atoms. The molecule has 1 aliphatic carbocycles. The van der Waals surface area contributed by atoms with Crippen LogP contribution in [0.1, 0.15) is 32.6 Å². The molecule has 0 spiro atoms. The average Bonchev–Trinajstić information content (AvgIpc) is 2.30. The average molecular weight is 314 g/mol. The predicted molar refractivity (Wildman–Crippen MR) is 67.2 cm³/mol. The minimum Gasteiger partial charge on any atom is -0.487 e. The molecular formula is C13H16BF4KO. The zero-order chi connectivity index (χ0) is 14.0. The van der Waals surface area contributed by atoms with Crippen molar-refractivity contribution in [2.75, 3.05) is 0 Å². The van der Waals surface area contributed by atoms with Gasteiger partial charge in [-0.25, -0.2) is 4.39 Å². The Morgan fingerprint density at radius 3 is 2.50 bits per heavy atom. The van der Waals surface area contributed by atoms with E-state index in [1.54, 1.807) is 0 Å². The molecule has 2 rings (SSSR count). The second-order valence-electron chi connectivity index (χ2n) is 5.28. The summed E-state index contributed by atoms with van der Waals surface area (Å²) in [5.74, 6) is -0.547. The number of benzene rings is 1. The maximum Gasteiger partial charge on any atom is 1.00 e. The van der Waals surface area contributed by atoms with Crippen LogP contribution < -0.4 is 61.6 Å². The molecule has 1 aromatic rings. The zero-order valence-corrected chi connectivity index (χ0v) is 14.8. The van der Waals surface area contributed by atoms with Gasteiger partial charge in [-0.1, -0.05) is 19.4 Å². The van der Waals surface area contributed by atoms with E-state index in [1.807, 2.05) is 0 Å². The van der Waals surface area contributed by atoms with Gasteiger partial charge in [-0.3, -0.25) is 0 Å². The van der Waals surface area contributed by atoms with E-state index in [0.717, 1.165) is 43.9 Å². The third-order valence-electron chi connectivity index (χ3n) is 3.52. The van der Waals surface area contributed by atoms with Crippen molar-refractivity contribution in [1.82, 2.24) is 0 Å². The van der Waals surface area contributed by atoms with Crippen LogP contribution in [0.3, 0.4) is 0 Å². The number of halogens is 4. The summed E-state index contributed by atoms with van der Waals surface area (Å²) in [4.78, 5) is 0. The fourth-order valence-electron chi connectivity index (χ4n) is 2.48. The van der Waals surface area contributed by atoms with Crippen molar-refractivity contribution < 1.29 is 73.5 Å². The van der Waals surface area contributed by atoms with Crippen molar-refractivity contribution in [3.05, 3.63) is 24.0 Å². The van der Waals surface area contributed by atoms with E-state index in [-0.39, 0.29) is 63.2 Å². The summed E-state index contributed by atoms with van der Waals surface area (Å²) in [6.07, 6.45) is 3.41. The maximum atomic E-state index is 13.5. The standard InChI is InChI=1S/C13H16BF4O.K/c1-9-3-2-4-11(7-9)19-13-8-10(14(16,17)18)5-6-12(13)15;/h5-6,8-9,11H,2-4,7H2,1H3;/q-1;+1. The molecule has 0 aromatic heterocycles. The second kappa shape index (κ2) is 7.63. The molecule has 0 aliphatic heterocycles. The van der Waals surface area contributed by atoms with Crippen molar-refractivity contribution >= 4 is 12.4 Å². The van der Waals surface area contributed by atoms with Crippen LogP contribution in [-0.2, 0) is 0 Å². The Morgan fingerprint density at radius 2 is 1.90 bits per heavy atom. The molecule has 0 N–H and O–H groups in total. The fraction of sp³-hybridized carbons (Fsp3) is 0.538. The Hall–Kier alpha value is 0.441. The van der Waals surface area contributed by atoms with Crippen LogP contribution in [0.25, 0.3) is 0 Å². The molecule has 1 aromatic carbocycles. The summed E-state index contributed by atoms with van der Waals surface area (Å²) >= 11 is 0. The third-order valence-corrected chi connectivity index (χ3v) is 3.52. The van der Waals surface area contributed by atoms with Crippen LogP contribution in [0.5, 0.6) is 5.75 Å². The van der Waals surface area contributed by atoms with Gasteiger partial charge in [-0.2, -0.15) is 0 Å².